The monoisotopic (exact) mass is 341 g/mol. The summed E-state index contributed by atoms with van der Waals surface area (Å²) in [6.45, 7) is 3.47. The second-order valence-electron chi connectivity index (χ2n) is 5.09. The molecule has 2 heterocycles. The van der Waals surface area contributed by atoms with E-state index >= 15 is 0 Å². The molecule has 1 aromatic carbocycles. The fraction of sp³-hybridized carbons (Fsp3) is 0.167. The maximum atomic E-state index is 12.3. The lowest BCUT2D eigenvalue weighted by Gasteiger charge is -2.03. The summed E-state index contributed by atoms with van der Waals surface area (Å²) in [6.07, 6.45) is 0.433. The molecule has 3 rings (SSSR count). The van der Waals surface area contributed by atoms with Crippen LogP contribution in [0.3, 0.4) is 0 Å². The smallest absolute Gasteiger partial charge is 0.366 e. The summed E-state index contributed by atoms with van der Waals surface area (Å²) in [5.74, 6) is 0.613. The van der Waals surface area contributed by atoms with Gasteiger partial charge in [-0.15, -0.1) is 11.3 Å². The van der Waals surface area contributed by atoms with Gasteiger partial charge in [-0.3, -0.25) is 4.79 Å². The molecule has 24 heavy (non-hydrogen) atoms. The maximum Gasteiger partial charge on any atom is 0.366 e. The topological polar surface area (TPSA) is 69.4 Å². The number of Topliss-reactive ketones (excluding diaryl/α,β-unsaturated/α-hetero) is 1. The van der Waals surface area contributed by atoms with Gasteiger partial charge in [-0.05, 0) is 42.6 Å². The minimum atomic E-state index is -0.589. The fourth-order valence-electron chi connectivity index (χ4n) is 2.16. The minimum Gasteiger partial charge on any atom is -0.440 e. The summed E-state index contributed by atoms with van der Waals surface area (Å²) in [5, 5.41) is 1.91. The van der Waals surface area contributed by atoms with Crippen molar-refractivity contribution in [1.29, 1.82) is 0 Å². The molecule has 2 aromatic heterocycles. The number of hydrogen-bond acceptors (Lipinski definition) is 6. The van der Waals surface area contributed by atoms with Crippen molar-refractivity contribution in [2.75, 3.05) is 0 Å². The molecule has 0 saturated carbocycles. The molecular weight excluding hydrogens is 326 g/mol. The normalized spacial score (nSPS) is 10.6. The number of carbonyl (C=O) groups is 2. The summed E-state index contributed by atoms with van der Waals surface area (Å²) in [4.78, 5) is 29.0. The molecule has 3 aromatic rings. The first-order valence-electron chi connectivity index (χ1n) is 7.45. The summed E-state index contributed by atoms with van der Waals surface area (Å²) in [7, 11) is 0. The van der Waals surface area contributed by atoms with E-state index in [1.165, 1.54) is 11.3 Å². The molecule has 0 fully saturated rings. The lowest BCUT2D eigenvalue weighted by Crippen LogP contribution is -2.10. The number of carbonyl (C=O) groups excluding carboxylic acids is 2. The number of ether oxygens (including phenoxy) is 1. The fourth-order valence-corrected chi connectivity index (χ4v) is 2.81. The Morgan fingerprint density at radius 2 is 1.96 bits per heavy atom. The van der Waals surface area contributed by atoms with Gasteiger partial charge in [0.25, 0.3) is 0 Å². The molecule has 0 atom stereocenters. The van der Waals surface area contributed by atoms with Gasteiger partial charge in [-0.2, -0.15) is 0 Å². The molecule has 0 bridgehead atoms. The molecule has 122 valence electrons. The van der Waals surface area contributed by atoms with Crippen LogP contribution < -0.4 is 4.74 Å². The maximum absolute atomic E-state index is 12.3. The highest BCUT2D eigenvalue weighted by Crippen LogP contribution is 2.26. The summed E-state index contributed by atoms with van der Waals surface area (Å²) >= 11 is 1.48. The number of aromatic nitrogens is 1. The van der Waals surface area contributed by atoms with Gasteiger partial charge in [0.15, 0.2) is 11.5 Å². The summed E-state index contributed by atoms with van der Waals surface area (Å²) in [5.41, 5.74) is 0.738. The number of rotatable bonds is 5. The number of thiophene rings is 1. The highest BCUT2D eigenvalue weighted by Gasteiger charge is 2.20. The molecule has 0 unspecified atom stereocenters. The van der Waals surface area contributed by atoms with Gasteiger partial charge >= 0.3 is 5.97 Å². The number of esters is 1. The lowest BCUT2D eigenvalue weighted by atomic mass is 10.1. The Bertz CT molecular complexity index is 863. The van der Waals surface area contributed by atoms with Crippen molar-refractivity contribution >= 4 is 23.1 Å². The van der Waals surface area contributed by atoms with Crippen LogP contribution in [0, 0.1) is 6.92 Å². The van der Waals surface area contributed by atoms with E-state index in [0.29, 0.717) is 29.4 Å². The third kappa shape index (κ3) is 3.28. The van der Waals surface area contributed by atoms with Crippen molar-refractivity contribution in [3.8, 4) is 16.5 Å². The second-order valence-corrected chi connectivity index (χ2v) is 6.04. The van der Waals surface area contributed by atoms with Gasteiger partial charge in [0.05, 0.1) is 4.88 Å². The van der Waals surface area contributed by atoms with Crippen LogP contribution in [0.4, 0.5) is 0 Å². The third-order valence-electron chi connectivity index (χ3n) is 3.43. The zero-order chi connectivity index (χ0) is 17.1. The summed E-state index contributed by atoms with van der Waals surface area (Å²) < 4.78 is 10.8. The molecular formula is C18H15NO4S. The van der Waals surface area contributed by atoms with E-state index in [1.807, 2.05) is 17.5 Å². The summed E-state index contributed by atoms with van der Waals surface area (Å²) in [6, 6.07) is 10.2. The number of hydrogen-bond donors (Lipinski definition) is 0. The SMILES string of the molecule is CCC(=O)c1ccc(OC(=O)c2nc(-c3cccs3)oc2C)cc1. The third-order valence-corrected chi connectivity index (χ3v) is 4.29. The molecule has 0 aliphatic rings. The lowest BCUT2D eigenvalue weighted by molar-refractivity contribution is 0.0727. The predicted octanol–water partition coefficient (Wildman–Crippen LogP) is 4.52. The number of aryl methyl sites for hydroxylation is 1. The Balaban J connectivity index is 1.77. The molecule has 5 nitrogen and oxygen atoms in total. The Kier molecular flexibility index (Phi) is 4.57. The Morgan fingerprint density at radius 1 is 1.21 bits per heavy atom. The number of nitrogens with zero attached hydrogens (tertiary/aromatic N) is 1. The van der Waals surface area contributed by atoms with E-state index in [4.69, 9.17) is 9.15 Å². The highest BCUT2D eigenvalue weighted by molar-refractivity contribution is 7.13. The molecule has 0 aliphatic carbocycles. The quantitative estimate of drug-likeness (QED) is 0.387. The van der Waals surface area contributed by atoms with Crippen LogP contribution in [-0.4, -0.2) is 16.7 Å². The van der Waals surface area contributed by atoms with Crippen molar-refractivity contribution in [2.24, 2.45) is 0 Å². The largest absolute Gasteiger partial charge is 0.440 e. The first kappa shape index (κ1) is 16.1. The van der Waals surface area contributed by atoms with Crippen LogP contribution in [0.15, 0.2) is 46.2 Å². The molecule has 0 radical (unpaired) electrons. The predicted molar refractivity (Wildman–Crippen MR) is 90.6 cm³/mol. The van der Waals surface area contributed by atoms with Crippen LogP contribution in [0.1, 0.15) is 40.0 Å². The second kappa shape index (κ2) is 6.80. The number of benzene rings is 1. The van der Waals surface area contributed by atoms with Gasteiger partial charge < -0.3 is 9.15 Å². The van der Waals surface area contributed by atoms with Crippen LogP contribution in [0.25, 0.3) is 10.8 Å². The van der Waals surface area contributed by atoms with Crippen molar-refractivity contribution < 1.29 is 18.7 Å². The highest BCUT2D eigenvalue weighted by atomic mass is 32.1. The van der Waals surface area contributed by atoms with E-state index in [1.54, 1.807) is 38.1 Å². The standard InChI is InChI=1S/C18H15NO4S/c1-3-14(20)12-6-8-13(9-7-12)23-18(21)16-11(2)22-17(19-16)15-5-4-10-24-15/h4-10H,3H2,1-2H3. The first-order valence-corrected chi connectivity index (χ1v) is 8.33. The molecule has 0 saturated heterocycles. The van der Waals surface area contributed by atoms with Crippen LogP contribution in [-0.2, 0) is 0 Å². The van der Waals surface area contributed by atoms with Crippen molar-refractivity contribution in [2.45, 2.75) is 20.3 Å². The van der Waals surface area contributed by atoms with Gasteiger partial charge in [0, 0.05) is 12.0 Å². The average molecular weight is 341 g/mol. The van der Waals surface area contributed by atoms with Crippen LogP contribution >= 0.6 is 11.3 Å². The Labute approximate surface area is 142 Å². The van der Waals surface area contributed by atoms with E-state index in [0.717, 1.165) is 4.88 Å². The first-order chi connectivity index (χ1) is 11.6. The van der Waals surface area contributed by atoms with E-state index in [9.17, 15) is 9.59 Å². The van der Waals surface area contributed by atoms with E-state index in [-0.39, 0.29) is 11.5 Å². The zero-order valence-electron chi connectivity index (χ0n) is 13.2. The van der Waals surface area contributed by atoms with Crippen LogP contribution in [0.5, 0.6) is 5.75 Å². The van der Waals surface area contributed by atoms with Crippen molar-refractivity contribution in [3.05, 3.63) is 58.8 Å². The average Bonchev–Trinajstić information content (AvgIpc) is 3.24. The van der Waals surface area contributed by atoms with Gasteiger partial charge in [0.1, 0.15) is 11.5 Å². The van der Waals surface area contributed by atoms with Crippen molar-refractivity contribution in [1.82, 2.24) is 4.98 Å². The molecule has 0 aliphatic heterocycles. The van der Waals surface area contributed by atoms with Crippen molar-refractivity contribution in [3.63, 3.8) is 0 Å². The Hall–Kier alpha value is -2.73. The van der Waals surface area contributed by atoms with Gasteiger partial charge in [0.2, 0.25) is 5.89 Å². The van der Waals surface area contributed by atoms with Crippen LogP contribution in [0.2, 0.25) is 0 Å². The van der Waals surface area contributed by atoms with E-state index < -0.39 is 5.97 Å². The van der Waals surface area contributed by atoms with Gasteiger partial charge in [-0.25, -0.2) is 9.78 Å². The number of ketones is 1. The minimum absolute atomic E-state index is 0.0424. The number of oxazole rings is 1. The molecule has 6 heteroatoms. The molecule has 0 amide bonds. The zero-order valence-corrected chi connectivity index (χ0v) is 14.1. The van der Waals surface area contributed by atoms with Gasteiger partial charge in [-0.1, -0.05) is 13.0 Å². The van der Waals surface area contributed by atoms with E-state index in [2.05, 4.69) is 4.98 Å². The Morgan fingerprint density at radius 3 is 2.58 bits per heavy atom. The molecule has 0 spiro atoms. The molecule has 0 N–H and O–H groups in total.